The van der Waals surface area contributed by atoms with E-state index in [9.17, 15) is 17.6 Å². The lowest BCUT2D eigenvalue weighted by Crippen LogP contribution is -2.18. The number of hydrogen-bond acceptors (Lipinski definition) is 3. The van der Waals surface area contributed by atoms with Crippen molar-refractivity contribution in [1.29, 1.82) is 0 Å². The monoisotopic (exact) mass is 294 g/mol. The number of primary amides is 1. The zero-order valence-electron chi connectivity index (χ0n) is 9.54. The van der Waals surface area contributed by atoms with Crippen LogP contribution >= 0.6 is 11.6 Å². The van der Waals surface area contributed by atoms with E-state index in [0.717, 1.165) is 12.1 Å². The first-order valence-corrected chi connectivity index (χ1v) is 7.09. The smallest absolute Gasteiger partial charge is 0.250 e. The second-order valence-electron chi connectivity index (χ2n) is 3.60. The molecule has 3 N–H and O–H groups in total. The molecule has 0 aromatic heterocycles. The third kappa shape index (κ3) is 3.58. The number of anilines is 1. The molecule has 1 amide bonds. The van der Waals surface area contributed by atoms with Gasteiger partial charge in [0.1, 0.15) is 5.82 Å². The van der Waals surface area contributed by atoms with Gasteiger partial charge in [0.05, 0.1) is 22.0 Å². The predicted octanol–water partition coefficient (Wildman–Crippen LogP) is 1.73. The molecule has 0 heterocycles. The maximum absolute atomic E-state index is 13.2. The zero-order chi connectivity index (χ0) is 13.9. The fourth-order valence-electron chi connectivity index (χ4n) is 1.33. The van der Waals surface area contributed by atoms with Crippen LogP contribution in [0.3, 0.4) is 0 Å². The molecule has 0 spiro atoms. The average Bonchev–Trinajstić information content (AvgIpc) is 2.21. The number of amides is 1. The van der Waals surface area contributed by atoms with Gasteiger partial charge in [-0.05, 0) is 18.6 Å². The second kappa shape index (κ2) is 5.53. The third-order valence-electron chi connectivity index (χ3n) is 2.04. The van der Waals surface area contributed by atoms with Gasteiger partial charge in [0.15, 0.2) is 0 Å². The average molecular weight is 295 g/mol. The van der Waals surface area contributed by atoms with E-state index in [2.05, 4.69) is 4.72 Å². The first-order chi connectivity index (χ1) is 8.26. The van der Waals surface area contributed by atoms with Crippen LogP contribution in [0.1, 0.15) is 23.7 Å². The van der Waals surface area contributed by atoms with Crippen LogP contribution in [0.2, 0.25) is 5.02 Å². The molecule has 1 aromatic rings. The number of sulfonamides is 1. The SMILES string of the molecule is CCCS(=O)(=O)Nc1cc(F)cc(C(N)=O)c1Cl. The van der Waals surface area contributed by atoms with Crippen molar-refractivity contribution in [2.45, 2.75) is 13.3 Å². The molecule has 0 saturated carbocycles. The molecule has 0 unspecified atom stereocenters. The van der Waals surface area contributed by atoms with Gasteiger partial charge in [-0.15, -0.1) is 0 Å². The van der Waals surface area contributed by atoms with Crippen molar-refractivity contribution in [1.82, 2.24) is 0 Å². The van der Waals surface area contributed by atoms with E-state index in [1.54, 1.807) is 6.92 Å². The van der Waals surface area contributed by atoms with E-state index >= 15 is 0 Å². The third-order valence-corrected chi connectivity index (χ3v) is 3.92. The Bertz CT molecular complexity index is 575. The Morgan fingerprint density at radius 1 is 1.50 bits per heavy atom. The fraction of sp³-hybridized carbons (Fsp3) is 0.300. The standard InChI is InChI=1S/C10H12ClFN2O3S/c1-2-3-18(16,17)14-8-5-6(12)4-7(9(8)11)10(13)15/h4-5,14H,2-3H2,1H3,(H2,13,15). The van der Waals surface area contributed by atoms with Crippen LogP contribution in [0, 0.1) is 5.82 Å². The quantitative estimate of drug-likeness (QED) is 0.866. The van der Waals surface area contributed by atoms with Crippen LogP contribution in [0.25, 0.3) is 0 Å². The second-order valence-corrected chi connectivity index (χ2v) is 5.82. The largest absolute Gasteiger partial charge is 0.366 e. The number of nitrogens with two attached hydrogens (primary N) is 1. The van der Waals surface area contributed by atoms with Gasteiger partial charge in [0.2, 0.25) is 15.9 Å². The van der Waals surface area contributed by atoms with Crippen molar-refractivity contribution in [3.05, 3.63) is 28.5 Å². The molecule has 0 aliphatic rings. The molecule has 5 nitrogen and oxygen atoms in total. The van der Waals surface area contributed by atoms with Gasteiger partial charge in [-0.1, -0.05) is 18.5 Å². The van der Waals surface area contributed by atoms with Crippen molar-refractivity contribution in [3.63, 3.8) is 0 Å². The van der Waals surface area contributed by atoms with Crippen molar-refractivity contribution >= 4 is 33.2 Å². The lowest BCUT2D eigenvalue weighted by Gasteiger charge is -2.11. The van der Waals surface area contributed by atoms with E-state index in [0.29, 0.717) is 6.42 Å². The van der Waals surface area contributed by atoms with Crippen molar-refractivity contribution < 1.29 is 17.6 Å². The van der Waals surface area contributed by atoms with Crippen molar-refractivity contribution in [3.8, 4) is 0 Å². The molecule has 0 bridgehead atoms. The normalized spacial score (nSPS) is 11.3. The lowest BCUT2D eigenvalue weighted by atomic mass is 10.2. The Morgan fingerprint density at radius 2 is 2.11 bits per heavy atom. The highest BCUT2D eigenvalue weighted by Crippen LogP contribution is 2.28. The first-order valence-electron chi connectivity index (χ1n) is 5.06. The molecular formula is C10H12ClFN2O3S. The molecule has 8 heteroatoms. The van der Waals surface area contributed by atoms with E-state index in [1.807, 2.05) is 0 Å². The summed E-state index contributed by atoms with van der Waals surface area (Å²) >= 11 is 5.79. The minimum atomic E-state index is -3.62. The highest BCUT2D eigenvalue weighted by molar-refractivity contribution is 7.92. The lowest BCUT2D eigenvalue weighted by molar-refractivity contribution is 0.1000. The van der Waals surface area contributed by atoms with Crippen LogP contribution in [0.4, 0.5) is 10.1 Å². The molecular weight excluding hydrogens is 283 g/mol. The molecule has 1 aromatic carbocycles. The van der Waals surface area contributed by atoms with Crippen LogP contribution in [0.15, 0.2) is 12.1 Å². The van der Waals surface area contributed by atoms with Crippen LogP contribution in [0.5, 0.6) is 0 Å². The van der Waals surface area contributed by atoms with Gasteiger partial charge in [-0.3, -0.25) is 9.52 Å². The zero-order valence-corrected chi connectivity index (χ0v) is 11.1. The molecule has 18 heavy (non-hydrogen) atoms. The summed E-state index contributed by atoms with van der Waals surface area (Å²) in [6.07, 6.45) is 0.394. The molecule has 100 valence electrons. The van der Waals surface area contributed by atoms with Crippen LogP contribution in [-0.4, -0.2) is 20.1 Å². The number of carbonyl (C=O) groups excluding carboxylic acids is 1. The van der Waals surface area contributed by atoms with Gasteiger partial charge in [-0.2, -0.15) is 0 Å². The van der Waals surface area contributed by atoms with Crippen molar-refractivity contribution in [2.75, 3.05) is 10.5 Å². The Morgan fingerprint density at radius 3 is 2.61 bits per heavy atom. The Labute approximate surface area is 109 Å². The Kier molecular flexibility index (Phi) is 4.53. The molecule has 0 saturated heterocycles. The van der Waals surface area contributed by atoms with E-state index in [4.69, 9.17) is 17.3 Å². The first kappa shape index (κ1) is 14.7. The molecule has 0 fully saturated rings. The molecule has 0 radical (unpaired) electrons. The molecule has 0 aliphatic heterocycles. The van der Waals surface area contributed by atoms with E-state index in [-0.39, 0.29) is 22.0 Å². The summed E-state index contributed by atoms with van der Waals surface area (Å²) in [6, 6.07) is 1.74. The van der Waals surface area contributed by atoms with Gasteiger partial charge in [-0.25, -0.2) is 12.8 Å². The van der Waals surface area contributed by atoms with Gasteiger partial charge >= 0.3 is 0 Å². The fourth-order valence-corrected chi connectivity index (χ4v) is 2.77. The number of rotatable bonds is 5. The number of halogens is 2. The molecule has 0 atom stereocenters. The summed E-state index contributed by atoms with van der Waals surface area (Å²) in [4.78, 5) is 11.0. The van der Waals surface area contributed by atoms with Gasteiger partial charge in [0, 0.05) is 0 Å². The Balaban J connectivity index is 3.22. The number of carbonyl (C=O) groups is 1. The summed E-state index contributed by atoms with van der Waals surface area (Å²) < 4.78 is 38.4. The highest BCUT2D eigenvalue weighted by atomic mass is 35.5. The van der Waals surface area contributed by atoms with Crippen LogP contribution < -0.4 is 10.5 Å². The van der Waals surface area contributed by atoms with Crippen LogP contribution in [-0.2, 0) is 10.0 Å². The van der Waals surface area contributed by atoms with E-state index < -0.39 is 21.7 Å². The summed E-state index contributed by atoms with van der Waals surface area (Å²) in [5, 5.41) is -0.219. The summed E-state index contributed by atoms with van der Waals surface area (Å²) in [6.45, 7) is 1.68. The highest BCUT2D eigenvalue weighted by Gasteiger charge is 2.17. The predicted molar refractivity (Wildman–Crippen MR) is 67.6 cm³/mol. The topological polar surface area (TPSA) is 89.3 Å². The van der Waals surface area contributed by atoms with E-state index in [1.165, 1.54) is 0 Å². The molecule has 0 aliphatic carbocycles. The van der Waals surface area contributed by atoms with Crippen molar-refractivity contribution in [2.24, 2.45) is 5.73 Å². The summed E-state index contributed by atoms with van der Waals surface area (Å²) in [5.41, 5.74) is 4.54. The molecule has 1 rings (SSSR count). The maximum atomic E-state index is 13.2. The minimum absolute atomic E-state index is 0.133. The summed E-state index contributed by atoms with van der Waals surface area (Å²) in [7, 11) is -3.62. The number of benzene rings is 1. The van der Waals surface area contributed by atoms with Gasteiger partial charge in [0.25, 0.3) is 0 Å². The minimum Gasteiger partial charge on any atom is -0.366 e. The Hall–Kier alpha value is -1.34. The van der Waals surface area contributed by atoms with Gasteiger partial charge < -0.3 is 5.73 Å². The summed E-state index contributed by atoms with van der Waals surface area (Å²) in [5.74, 6) is -1.87. The number of nitrogens with one attached hydrogen (secondary N) is 1. The maximum Gasteiger partial charge on any atom is 0.250 e. The number of hydrogen-bond donors (Lipinski definition) is 2.